The number of hydrogen-bond donors (Lipinski definition) is 2. The van der Waals surface area contributed by atoms with E-state index in [9.17, 15) is 9.90 Å². The number of aromatic nitrogens is 3. The number of carboxylic acid groups (broad SMARTS) is 1. The minimum atomic E-state index is -0.931. The number of aromatic carboxylic acids is 1. The molecule has 0 spiro atoms. The quantitative estimate of drug-likeness (QED) is 0.703. The van der Waals surface area contributed by atoms with Crippen molar-refractivity contribution in [1.82, 2.24) is 14.8 Å². The first kappa shape index (κ1) is 9.65. The zero-order valence-electron chi connectivity index (χ0n) is 8.79. The number of nitrogens with zero attached hydrogens (tertiary/aromatic N) is 2. The first-order chi connectivity index (χ1) is 8.27. The maximum Gasteiger partial charge on any atom is 0.337 e. The van der Waals surface area contributed by atoms with Gasteiger partial charge in [-0.3, -0.25) is 5.10 Å². The molecular formula is C12H9N3O2. The molecule has 0 saturated carbocycles. The van der Waals surface area contributed by atoms with E-state index in [-0.39, 0.29) is 5.56 Å². The van der Waals surface area contributed by atoms with Crippen LogP contribution in [0, 0.1) is 0 Å². The van der Waals surface area contributed by atoms with Gasteiger partial charge in [0.15, 0.2) is 0 Å². The Balaban J connectivity index is 2.37. The van der Waals surface area contributed by atoms with Gasteiger partial charge < -0.3 is 9.67 Å². The van der Waals surface area contributed by atoms with E-state index < -0.39 is 5.97 Å². The molecule has 0 aliphatic heterocycles. The van der Waals surface area contributed by atoms with Gasteiger partial charge in [-0.1, -0.05) is 12.1 Å². The van der Waals surface area contributed by atoms with E-state index in [1.807, 2.05) is 22.9 Å². The molecule has 2 heterocycles. The molecule has 0 bridgehead atoms. The summed E-state index contributed by atoms with van der Waals surface area (Å²) in [5.74, 6) is -0.931. The number of nitrogens with one attached hydrogen (secondary N) is 1. The normalized spacial score (nSPS) is 10.8. The Bertz CT molecular complexity index is 683. The molecule has 3 aromatic rings. The minimum Gasteiger partial charge on any atom is -0.478 e. The van der Waals surface area contributed by atoms with E-state index in [2.05, 4.69) is 10.2 Å². The maximum absolute atomic E-state index is 11.2. The van der Waals surface area contributed by atoms with Crippen LogP contribution < -0.4 is 0 Å². The maximum atomic E-state index is 11.2. The van der Waals surface area contributed by atoms with Crippen LogP contribution >= 0.6 is 0 Å². The van der Waals surface area contributed by atoms with Gasteiger partial charge in [-0.05, 0) is 12.1 Å². The summed E-state index contributed by atoms with van der Waals surface area (Å²) in [5.41, 5.74) is 1.78. The van der Waals surface area contributed by atoms with Crippen molar-refractivity contribution in [2.24, 2.45) is 0 Å². The van der Waals surface area contributed by atoms with E-state index in [1.165, 1.54) is 0 Å². The van der Waals surface area contributed by atoms with Gasteiger partial charge in [0, 0.05) is 17.8 Å². The summed E-state index contributed by atoms with van der Waals surface area (Å²) < 4.78 is 1.81. The number of carbonyl (C=O) groups is 1. The lowest BCUT2D eigenvalue weighted by molar-refractivity contribution is 0.0698. The number of carboxylic acids is 1. The molecule has 3 rings (SSSR count). The number of benzene rings is 1. The number of fused-ring (bicyclic) bond motifs is 1. The van der Waals surface area contributed by atoms with Crippen molar-refractivity contribution in [3.05, 3.63) is 48.4 Å². The molecule has 0 fully saturated rings. The van der Waals surface area contributed by atoms with Gasteiger partial charge in [0.05, 0.1) is 23.0 Å². The van der Waals surface area contributed by atoms with Gasteiger partial charge in [0.1, 0.15) is 0 Å². The average molecular weight is 227 g/mol. The van der Waals surface area contributed by atoms with Crippen molar-refractivity contribution >= 4 is 16.9 Å². The monoisotopic (exact) mass is 227 g/mol. The smallest absolute Gasteiger partial charge is 0.337 e. The predicted octanol–water partition coefficient (Wildman–Crippen LogP) is 2.05. The first-order valence-electron chi connectivity index (χ1n) is 5.10. The summed E-state index contributed by atoms with van der Waals surface area (Å²) in [7, 11) is 0. The van der Waals surface area contributed by atoms with E-state index >= 15 is 0 Å². The fourth-order valence-corrected chi connectivity index (χ4v) is 1.96. The summed E-state index contributed by atoms with van der Waals surface area (Å²) in [4.78, 5) is 11.2. The van der Waals surface area contributed by atoms with Gasteiger partial charge in [-0.25, -0.2) is 4.79 Å². The van der Waals surface area contributed by atoms with Crippen LogP contribution in [-0.2, 0) is 0 Å². The van der Waals surface area contributed by atoms with Gasteiger partial charge >= 0.3 is 5.97 Å². The minimum absolute atomic E-state index is 0.286. The summed E-state index contributed by atoms with van der Waals surface area (Å²) in [6.45, 7) is 0. The Morgan fingerprint density at radius 3 is 2.94 bits per heavy atom. The third-order valence-electron chi connectivity index (χ3n) is 2.70. The number of H-pyrrole nitrogens is 1. The first-order valence-corrected chi connectivity index (χ1v) is 5.10. The zero-order chi connectivity index (χ0) is 11.8. The highest BCUT2D eigenvalue weighted by molar-refractivity contribution is 6.02. The molecule has 0 atom stereocenters. The molecule has 5 nitrogen and oxygen atoms in total. The molecule has 0 unspecified atom stereocenters. The fraction of sp³-hybridized carbons (Fsp3) is 0. The number of aromatic amines is 1. The van der Waals surface area contributed by atoms with Crippen LogP contribution in [0.4, 0.5) is 0 Å². The topological polar surface area (TPSA) is 70.9 Å². The van der Waals surface area contributed by atoms with Gasteiger partial charge in [0.25, 0.3) is 0 Å². The molecule has 1 aromatic carbocycles. The molecule has 0 aliphatic carbocycles. The molecule has 84 valence electrons. The molecule has 0 saturated heterocycles. The Hall–Kier alpha value is -2.56. The SMILES string of the molecule is O=C(O)c1cccc2ccn(-c3cn[nH]c3)c12. The van der Waals surface area contributed by atoms with Crippen LogP contribution in [0.25, 0.3) is 16.6 Å². The molecule has 2 aromatic heterocycles. The van der Waals surface area contributed by atoms with Crippen molar-refractivity contribution in [3.63, 3.8) is 0 Å². The fourth-order valence-electron chi connectivity index (χ4n) is 1.96. The summed E-state index contributed by atoms with van der Waals surface area (Å²) in [5, 5.41) is 16.7. The Kier molecular flexibility index (Phi) is 1.98. The summed E-state index contributed by atoms with van der Waals surface area (Å²) in [6.07, 6.45) is 5.21. The predicted molar refractivity (Wildman–Crippen MR) is 62.4 cm³/mol. The van der Waals surface area contributed by atoms with Crippen molar-refractivity contribution in [2.75, 3.05) is 0 Å². The second kappa shape index (κ2) is 3.48. The molecule has 0 amide bonds. The van der Waals surface area contributed by atoms with E-state index in [1.54, 1.807) is 24.5 Å². The molecule has 2 N–H and O–H groups in total. The second-order valence-corrected chi connectivity index (χ2v) is 3.69. The number of rotatable bonds is 2. The Labute approximate surface area is 96.3 Å². The molecule has 0 aliphatic rings. The third-order valence-corrected chi connectivity index (χ3v) is 2.70. The van der Waals surface area contributed by atoms with Gasteiger partial charge in [-0.15, -0.1) is 0 Å². The zero-order valence-corrected chi connectivity index (χ0v) is 8.79. The van der Waals surface area contributed by atoms with Crippen molar-refractivity contribution < 1.29 is 9.90 Å². The van der Waals surface area contributed by atoms with E-state index in [0.717, 1.165) is 11.1 Å². The lowest BCUT2D eigenvalue weighted by Crippen LogP contribution is -2.01. The second-order valence-electron chi connectivity index (χ2n) is 3.69. The van der Waals surface area contributed by atoms with Crippen LogP contribution in [-0.4, -0.2) is 25.8 Å². The van der Waals surface area contributed by atoms with Crippen molar-refractivity contribution in [3.8, 4) is 5.69 Å². The highest BCUT2D eigenvalue weighted by atomic mass is 16.4. The van der Waals surface area contributed by atoms with Gasteiger partial charge in [0.2, 0.25) is 0 Å². The third kappa shape index (κ3) is 1.40. The highest BCUT2D eigenvalue weighted by Crippen LogP contribution is 2.23. The lowest BCUT2D eigenvalue weighted by Gasteiger charge is -2.04. The van der Waals surface area contributed by atoms with Crippen LogP contribution in [0.15, 0.2) is 42.9 Å². The highest BCUT2D eigenvalue weighted by Gasteiger charge is 2.13. The van der Waals surface area contributed by atoms with Crippen molar-refractivity contribution in [1.29, 1.82) is 0 Å². The van der Waals surface area contributed by atoms with E-state index in [0.29, 0.717) is 5.52 Å². The lowest BCUT2D eigenvalue weighted by atomic mass is 10.1. The molecule has 0 radical (unpaired) electrons. The van der Waals surface area contributed by atoms with Crippen molar-refractivity contribution in [2.45, 2.75) is 0 Å². The number of para-hydroxylation sites is 1. The van der Waals surface area contributed by atoms with Crippen LogP contribution in [0.5, 0.6) is 0 Å². The average Bonchev–Trinajstić information content (AvgIpc) is 2.96. The number of hydrogen-bond acceptors (Lipinski definition) is 2. The largest absolute Gasteiger partial charge is 0.478 e. The standard InChI is InChI=1S/C12H9N3O2/c16-12(17)10-3-1-2-8-4-5-15(11(8)10)9-6-13-14-7-9/h1-7H,(H,13,14)(H,16,17). The van der Waals surface area contributed by atoms with Crippen LogP contribution in [0.3, 0.4) is 0 Å². The summed E-state index contributed by atoms with van der Waals surface area (Å²) >= 11 is 0. The van der Waals surface area contributed by atoms with Gasteiger partial charge in [-0.2, -0.15) is 5.10 Å². The molecule has 5 heteroatoms. The molecule has 17 heavy (non-hydrogen) atoms. The Morgan fingerprint density at radius 2 is 2.24 bits per heavy atom. The van der Waals surface area contributed by atoms with Crippen LogP contribution in [0.2, 0.25) is 0 Å². The Morgan fingerprint density at radius 1 is 1.35 bits per heavy atom. The molecular weight excluding hydrogens is 218 g/mol. The van der Waals surface area contributed by atoms with E-state index in [4.69, 9.17) is 0 Å². The van der Waals surface area contributed by atoms with Crippen LogP contribution in [0.1, 0.15) is 10.4 Å². The summed E-state index contributed by atoms with van der Waals surface area (Å²) in [6, 6.07) is 7.11.